The summed E-state index contributed by atoms with van der Waals surface area (Å²) >= 11 is 0. The molecule has 6 rings (SSSR count). The Bertz CT molecular complexity index is 1320. The van der Waals surface area contributed by atoms with Gasteiger partial charge in [0.05, 0.1) is 9.79 Å². The van der Waals surface area contributed by atoms with E-state index in [1.165, 1.54) is 22.5 Å². The summed E-state index contributed by atoms with van der Waals surface area (Å²) in [4.78, 5) is 5.12. The summed E-state index contributed by atoms with van der Waals surface area (Å²) in [7, 11) is -3.58. The van der Waals surface area contributed by atoms with Gasteiger partial charge in [-0.3, -0.25) is 0 Å². The zero-order valence-corrected chi connectivity index (χ0v) is 19.0. The van der Waals surface area contributed by atoms with Crippen LogP contribution in [0.2, 0.25) is 0 Å². The second-order valence-corrected chi connectivity index (χ2v) is 10.5. The van der Waals surface area contributed by atoms with Crippen LogP contribution in [0.4, 0.5) is 22.7 Å². The number of hydrogen-bond donors (Lipinski definition) is 0. The van der Waals surface area contributed by atoms with Gasteiger partial charge in [0.2, 0.25) is 9.84 Å². The molecule has 0 aliphatic carbocycles. The maximum Gasteiger partial charge on any atom is 0.206 e. The van der Waals surface area contributed by atoms with Gasteiger partial charge in [-0.25, -0.2) is 8.42 Å². The minimum Gasteiger partial charge on any atom is -0.341 e. The molecule has 2 aliphatic heterocycles. The lowest BCUT2D eigenvalue weighted by Gasteiger charge is -2.20. The molecule has 0 unspecified atom stereocenters. The molecular weight excluding hydrogens is 428 g/mol. The molecule has 0 amide bonds. The predicted octanol–water partition coefficient (Wildman–Crippen LogP) is 5.91. The van der Waals surface area contributed by atoms with Crippen LogP contribution in [0.1, 0.15) is 11.1 Å². The van der Waals surface area contributed by atoms with Gasteiger partial charge >= 0.3 is 0 Å². The van der Waals surface area contributed by atoms with Crippen molar-refractivity contribution in [3.05, 3.63) is 108 Å². The van der Waals surface area contributed by atoms with Gasteiger partial charge in [0.15, 0.2) is 0 Å². The smallest absolute Gasteiger partial charge is 0.206 e. The van der Waals surface area contributed by atoms with Crippen LogP contribution in [0.5, 0.6) is 0 Å². The molecule has 164 valence electrons. The first kappa shape index (κ1) is 20.1. The average molecular weight is 453 g/mol. The lowest BCUT2D eigenvalue weighted by Crippen LogP contribution is -2.14. The highest BCUT2D eigenvalue weighted by molar-refractivity contribution is 7.91. The van der Waals surface area contributed by atoms with E-state index >= 15 is 0 Å². The van der Waals surface area contributed by atoms with Crippen molar-refractivity contribution in [2.45, 2.75) is 22.6 Å². The van der Waals surface area contributed by atoms with E-state index in [4.69, 9.17) is 0 Å². The highest BCUT2D eigenvalue weighted by atomic mass is 32.2. The number of hydrogen-bond acceptors (Lipinski definition) is 4. The van der Waals surface area contributed by atoms with Crippen LogP contribution in [-0.4, -0.2) is 21.5 Å². The van der Waals surface area contributed by atoms with E-state index in [9.17, 15) is 8.42 Å². The van der Waals surface area contributed by atoms with Gasteiger partial charge in [-0.05, 0) is 84.6 Å². The first-order valence-electron chi connectivity index (χ1n) is 11.3. The number of anilines is 4. The Hall–Kier alpha value is -3.57. The maximum atomic E-state index is 13.3. The van der Waals surface area contributed by atoms with E-state index in [1.54, 1.807) is 24.3 Å². The second-order valence-electron chi connectivity index (χ2n) is 8.55. The second kappa shape index (κ2) is 7.78. The average Bonchev–Trinajstić information content (AvgIpc) is 3.49. The standard InChI is InChI=1S/C28H24N2O2S/c31-33(32,25-13-9-23(10-14-25)29-19-17-21-5-1-3-7-27(21)29)26-15-11-24(12-16-26)30-20-18-22-6-2-4-8-28(22)30/h1-16H,17-20H2. The van der Waals surface area contributed by atoms with E-state index < -0.39 is 9.84 Å². The lowest BCUT2D eigenvalue weighted by atomic mass is 10.2. The van der Waals surface area contributed by atoms with Crippen LogP contribution in [0.25, 0.3) is 0 Å². The van der Waals surface area contributed by atoms with Crippen molar-refractivity contribution in [1.82, 2.24) is 0 Å². The summed E-state index contributed by atoms with van der Waals surface area (Å²) in [6.07, 6.45) is 2.01. The van der Waals surface area contributed by atoms with E-state index in [0.29, 0.717) is 9.79 Å². The third-order valence-corrected chi connectivity index (χ3v) is 8.48. The van der Waals surface area contributed by atoms with Crippen molar-refractivity contribution < 1.29 is 8.42 Å². The molecule has 0 radical (unpaired) electrons. The van der Waals surface area contributed by atoms with Gasteiger partial charge in [-0.1, -0.05) is 36.4 Å². The third-order valence-electron chi connectivity index (χ3n) is 6.69. The summed E-state index contributed by atoms with van der Waals surface area (Å²) < 4.78 is 26.5. The summed E-state index contributed by atoms with van der Waals surface area (Å²) in [5.74, 6) is 0. The number of nitrogens with zero attached hydrogens (tertiary/aromatic N) is 2. The molecule has 4 nitrogen and oxygen atoms in total. The summed E-state index contributed by atoms with van der Waals surface area (Å²) in [6.45, 7) is 1.82. The van der Waals surface area contributed by atoms with Crippen LogP contribution in [0.3, 0.4) is 0 Å². The Morgan fingerprint density at radius 1 is 0.515 bits per heavy atom. The van der Waals surface area contributed by atoms with Gasteiger partial charge in [-0.15, -0.1) is 0 Å². The number of benzene rings is 4. The Labute approximate surface area is 194 Å². The van der Waals surface area contributed by atoms with Crippen LogP contribution in [-0.2, 0) is 22.7 Å². The van der Waals surface area contributed by atoms with Crippen molar-refractivity contribution in [1.29, 1.82) is 0 Å². The molecule has 0 fully saturated rings. The van der Waals surface area contributed by atoms with Gasteiger partial charge in [0, 0.05) is 35.8 Å². The number of fused-ring (bicyclic) bond motifs is 2. The normalized spacial score (nSPS) is 14.9. The molecule has 0 aromatic heterocycles. The summed E-state index contributed by atoms with van der Waals surface area (Å²) in [6, 6.07) is 31.2. The Balaban J connectivity index is 1.25. The largest absolute Gasteiger partial charge is 0.341 e. The lowest BCUT2D eigenvalue weighted by molar-refractivity contribution is 0.596. The molecule has 0 saturated heterocycles. The highest BCUT2D eigenvalue weighted by Crippen LogP contribution is 2.36. The zero-order valence-electron chi connectivity index (χ0n) is 18.2. The topological polar surface area (TPSA) is 40.6 Å². The summed E-state index contributed by atoms with van der Waals surface area (Å²) in [5, 5.41) is 0. The molecule has 33 heavy (non-hydrogen) atoms. The minimum absolute atomic E-state index is 0.318. The van der Waals surface area contributed by atoms with Crippen molar-refractivity contribution in [2.24, 2.45) is 0 Å². The summed E-state index contributed by atoms with van der Waals surface area (Å²) in [5.41, 5.74) is 7.09. The molecular formula is C28H24N2O2S. The van der Waals surface area contributed by atoms with E-state index in [1.807, 2.05) is 36.4 Å². The van der Waals surface area contributed by atoms with E-state index in [-0.39, 0.29) is 0 Å². The van der Waals surface area contributed by atoms with Crippen LogP contribution in [0.15, 0.2) is 107 Å². The minimum atomic E-state index is -3.58. The molecule has 0 bridgehead atoms. The van der Waals surface area contributed by atoms with Crippen molar-refractivity contribution in [3.63, 3.8) is 0 Å². The van der Waals surface area contributed by atoms with Crippen LogP contribution < -0.4 is 9.80 Å². The van der Waals surface area contributed by atoms with Crippen molar-refractivity contribution in [3.8, 4) is 0 Å². The Morgan fingerprint density at radius 3 is 1.33 bits per heavy atom. The molecule has 2 aliphatic rings. The Kier molecular flexibility index (Phi) is 4.73. The monoisotopic (exact) mass is 452 g/mol. The molecule has 4 aromatic carbocycles. The number of para-hydroxylation sites is 2. The van der Waals surface area contributed by atoms with Gasteiger partial charge in [-0.2, -0.15) is 0 Å². The fourth-order valence-electron chi connectivity index (χ4n) is 4.96. The Morgan fingerprint density at radius 2 is 0.909 bits per heavy atom. The number of rotatable bonds is 4. The first-order valence-corrected chi connectivity index (χ1v) is 12.8. The fraction of sp³-hybridized carbons (Fsp3) is 0.143. The van der Waals surface area contributed by atoms with Gasteiger partial charge in [0.1, 0.15) is 0 Å². The van der Waals surface area contributed by atoms with Crippen molar-refractivity contribution >= 4 is 32.6 Å². The van der Waals surface area contributed by atoms with E-state index in [2.05, 4.69) is 46.2 Å². The maximum absolute atomic E-state index is 13.3. The van der Waals surface area contributed by atoms with Crippen LogP contribution >= 0.6 is 0 Å². The molecule has 4 aromatic rings. The molecule has 2 heterocycles. The SMILES string of the molecule is O=S(=O)(c1ccc(N2CCc3ccccc32)cc1)c1ccc(N2CCc3ccccc32)cc1. The van der Waals surface area contributed by atoms with Crippen molar-refractivity contribution in [2.75, 3.05) is 22.9 Å². The fourth-order valence-corrected chi connectivity index (χ4v) is 6.22. The van der Waals surface area contributed by atoms with Gasteiger partial charge in [0.25, 0.3) is 0 Å². The molecule has 5 heteroatoms. The van der Waals surface area contributed by atoms with Gasteiger partial charge < -0.3 is 9.80 Å². The molecule has 0 spiro atoms. The molecule has 0 N–H and O–H groups in total. The zero-order chi connectivity index (χ0) is 22.4. The molecule has 0 atom stereocenters. The predicted molar refractivity (Wildman–Crippen MR) is 133 cm³/mol. The molecule has 0 saturated carbocycles. The quantitative estimate of drug-likeness (QED) is 0.386. The number of sulfone groups is 1. The van der Waals surface area contributed by atoms with Crippen LogP contribution in [0, 0.1) is 0 Å². The highest BCUT2D eigenvalue weighted by Gasteiger charge is 2.23. The van der Waals surface area contributed by atoms with E-state index in [0.717, 1.165) is 37.3 Å². The first-order chi connectivity index (χ1) is 16.1. The third kappa shape index (κ3) is 3.40.